The summed E-state index contributed by atoms with van der Waals surface area (Å²) in [5.74, 6) is 1.33. The molecule has 0 spiro atoms. The minimum absolute atomic E-state index is 0.305. The molecule has 158 valence electrons. The third-order valence-corrected chi connectivity index (χ3v) is 4.98. The second kappa shape index (κ2) is 9.06. The number of nitrogens with one attached hydrogen (secondary N) is 1. The number of halogens is 2. The molecule has 0 bridgehead atoms. The maximum absolute atomic E-state index is 13.5. The first-order valence-corrected chi connectivity index (χ1v) is 9.79. The number of hydrogen-bond acceptors (Lipinski definition) is 6. The third-order valence-electron chi connectivity index (χ3n) is 4.69. The molecular formula is C23H19ClFN3O3. The molecule has 31 heavy (non-hydrogen) atoms. The fraction of sp³-hybridized carbons (Fsp3) is 0.130. The molecule has 3 aromatic carbocycles. The lowest BCUT2D eigenvalue weighted by atomic mass is 10.1. The van der Waals surface area contributed by atoms with Crippen LogP contribution in [0.25, 0.3) is 11.5 Å². The van der Waals surface area contributed by atoms with E-state index >= 15 is 0 Å². The molecule has 0 radical (unpaired) electrons. The van der Waals surface area contributed by atoms with Gasteiger partial charge in [-0.2, -0.15) is 0 Å². The van der Waals surface area contributed by atoms with E-state index in [1.165, 1.54) is 19.2 Å². The summed E-state index contributed by atoms with van der Waals surface area (Å²) in [6.07, 6.45) is 0. The van der Waals surface area contributed by atoms with Crippen LogP contribution in [0, 0.1) is 5.82 Å². The van der Waals surface area contributed by atoms with Crippen molar-refractivity contribution in [1.29, 1.82) is 0 Å². The fourth-order valence-electron chi connectivity index (χ4n) is 3.12. The van der Waals surface area contributed by atoms with Crippen molar-refractivity contribution in [3.05, 3.63) is 89.0 Å². The van der Waals surface area contributed by atoms with Crippen molar-refractivity contribution in [2.24, 2.45) is 0 Å². The lowest BCUT2D eigenvalue weighted by Gasteiger charge is -2.20. The van der Waals surface area contributed by atoms with E-state index in [2.05, 4.69) is 15.5 Å². The number of hydrogen-bond donors (Lipinski definition) is 1. The van der Waals surface area contributed by atoms with Crippen LogP contribution in [0.2, 0.25) is 5.02 Å². The van der Waals surface area contributed by atoms with E-state index in [1.54, 1.807) is 31.4 Å². The minimum atomic E-state index is -0.580. The lowest BCUT2D eigenvalue weighted by molar-refractivity contribution is 0.395. The molecule has 4 aromatic rings. The topological polar surface area (TPSA) is 69.4 Å². The molecule has 0 aliphatic rings. The maximum atomic E-state index is 13.5. The van der Waals surface area contributed by atoms with E-state index in [1.807, 2.05) is 30.3 Å². The molecule has 0 saturated heterocycles. The summed E-state index contributed by atoms with van der Waals surface area (Å²) in [4.78, 5) is 0. The Labute approximate surface area is 183 Å². The Morgan fingerprint density at radius 1 is 0.935 bits per heavy atom. The molecule has 0 amide bonds. The van der Waals surface area contributed by atoms with Gasteiger partial charge in [-0.1, -0.05) is 41.9 Å². The van der Waals surface area contributed by atoms with Gasteiger partial charge in [-0.15, -0.1) is 10.2 Å². The Kier molecular flexibility index (Phi) is 6.04. The molecule has 1 unspecified atom stereocenters. The minimum Gasteiger partial charge on any atom is -0.495 e. The van der Waals surface area contributed by atoms with Crippen molar-refractivity contribution in [3.8, 4) is 23.0 Å². The Balaban J connectivity index is 1.75. The molecule has 0 fully saturated rings. The van der Waals surface area contributed by atoms with Crippen molar-refractivity contribution in [2.45, 2.75) is 6.04 Å². The average Bonchev–Trinajstić information content (AvgIpc) is 3.29. The zero-order chi connectivity index (χ0) is 21.8. The van der Waals surface area contributed by atoms with E-state index in [0.717, 1.165) is 11.1 Å². The van der Waals surface area contributed by atoms with Crippen LogP contribution in [0.15, 0.2) is 71.1 Å². The standard InChI is InChI=1S/C23H19ClFN3O3/c1-29-19-13-20(30-2)18(12-17(19)24)26-21(14-8-10-16(25)11-9-14)23-28-27-22(31-23)15-6-4-3-5-7-15/h3-13,21,26H,1-2H3. The van der Waals surface area contributed by atoms with Crippen molar-refractivity contribution in [2.75, 3.05) is 19.5 Å². The van der Waals surface area contributed by atoms with E-state index < -0.39 is 6.04 Å². The van der Waals surface area contributed by atoms with Crippen LogP contribution in [0.4, 0.5) is 10.1 Å². The highest BCUT2D eigenvalue weighted by Crippen LogP contribution is 2.39. The van der Waals surface area contributed by atoms with Gasteiger partial charge in [0.1, 0.15) is 23.4 Å². The molecule has 0 aliphatic heterocycles. The summed E-state index contributed by atoms with van der Waals surface area (Å²) >= 11 is 6.32. The Bertz CT molecular complexity index is 1170. The van der Waals surface area contributed by atoms with Crippen molar-refractivity contribution in [1.82, 2.24) is 10.2 Å². The number of aromatic nitrogens is 2. The highest BCUT2D eigenvalue weighted by atomic mass is 35.5. The van der Waals surface area contributed by atoms with Gasteiger partial charge in [0.2, 0.25) is 11.8 Å². The molecule has 1 atom stereocenters. The van der Waals surface area contributed by atoms with Gasteiger partial charge in [0.25, 0.3) is 0 Å². The van der Waals surface area contributed by atoms with E-state index in [0.29, 0.717) is 34.0 Å². The first kappa shape index (κ1) is 20.7. The number of benzene rings is 3. The van der Waals surface area contributed by atoms with Crippen LogP contribution in [0.1, 0.15) is 17.5 Å². The molecule has 4 rings (SSSR count). The largest absolute Gasteiger partial charge is 0.495 e. The summed E-state index contributed by atoms with van der Waals surface area (Å²) in [5.41, 5.74) is 2.10. The van der Waals surface area contributed by atoms with Crippen LogP contribution in [0.3, 0.4) is 0 Å². The van der Waals surface area contributed by atoms with Crippen molar-refractivity contribution < 1.29 is 18.3 Å². The molecular weight excluding hydrogens is 421 g/mol. The number of nitrogens with zero attached hydrogens (tertiary/aromatic N) is 2. The monoisotopic (exact) mass is 439 g/mol. The van der Waals surface area contributed by atoms with Gasteiger partial charge < -0.3 is 19.2 Å². The second-order valence-electron chi connectivity index (χ2n) is 6.63. The van der Waals surface area contributed by atoms with Crippen LogP contribution in [-0.2, 0) is 0 Å². The first-order valence-electron chi connectivity index (χ1n) is 9.41. The number of rotatable bonds is 7. The Hall–Kier alpha value is -3.58. The van der Waals surface area contributed by atoms with Gasteiger partial charge in [-0.3, -0.25) is 0 Å². The summed E-state index contributed by atoms with van der Waals surface area (Å²) in [7, 11) is 3.07. The average molecular weight is 440 g/mol. The van der Waals surface area contributed by atoms with Crippen LogP contribution < -0.4 is 14.8 Å². The van der Waals surface area contributed by atoms with Gasteiger partial charge in [-0.25, -0.2) is 4.39 Å². The quantitative estimate of drug-likeness (QED) is 0.395. The van der Waals surface area contributed by atoms with Gasteiger partial charge in [0.15, 0.2) is 0 Å². The molecule has 1 heterocycles. The summed E-state index contributed by atoms with van der Waals surface area (Å²) in [5, 5.41) is 12.1. The van der Waals surface area contributed by atoms with E-state index in [4.69, 9.17) is 25.5 Å². The fourth-order valence-corrected chi connectivity index (χ4v) is 3.36. The normalized spacial score (nSPS) is 11.7. The molecule has 6 nitrogen and oxygen atoms in total. The predicted octanol–water partition coefficient (Wildman–Crippen LogP) is 5.75. The molecule has 1 N–H and O–H groups in total. The molecule has 8 heteroatoms. The number of anilines is 1. The van der Waals surface area contributed by atoms with Crippen LogP contribution in [-0.4, -0.2) is 24.4 Å². The van der Waals surface area contributed by atoms with Crippen molar-refractivity contribution in [3.63, 3.8) is 0 Å². The zero-order valence-electron chi connectivity index (χ0n) is 16.8. The molecule has 0 aliphatic carbocycles. The summed E-state index contributed by atoms with van der Waals surface area (Å²) in [6.45, 7) is 0. The highest BCUT2D eigenvalue weighted by molar-refractivity contribution is 6.32. The summed E-state index contributed by atoms with van der Waals surface area (Å²) in [6, 6.07) is 18.3. The highest BCUT2D eigenvalue weighted by Gasteiger charge is 2.24. The lowest BCUT2D eigenvalue weighted by Crippen LogP contribution is -2.14. The van der Waals surface area contributed by atoms with Gasteiger partial charge >= 0.3 is 0 Å². The van der Waals surface area contributed by atoms with Gasteiger partial charge in [0.05, 0.1) is 24.9 Å². The third kappa shape index (κ3) is 4.46. The van der Waals surface area contributed by atoms with E-state index in [9.17, 15) is 4.39 Å². The predicted molar refractivity (Wildman–Crippen MR) is 116 cm³/mol. The SMILES string of the molecule is COc1cc(OC)c(NC(c2ccc(F)cc2)c2nnc(-c3ccccc3)o2)cc1Cl. The Morgan fingerprint density at radius 3 is 2.32 bits per heavy atom. The molecule has 0 saturated carbocycles. The van der Waals surface area contributed by atoms with Gasteiger partial charge in [-0.05, 0) is 35.9 Å². The first-order chi connectivity index (χ1) is 15.1. The van der Waals surface area contributed by atoms with Crippen LogP contribution >= 0.6 is 11.6 Å². The van der Waals surface area contributed by atoms with Crippen LogP contribution in [0.5, 0.6) is 11.5 Å². The molecule has 1 aromatic heterocycles. The zero-order valence-corrected chi connectivity index (χ0v) is 17.6. The number of methoxy groups -OCH3 is 2. The smallest absolute Gasteiger partial charge is 0.247 e. The summed E-state index contributed by atoms with van der Waals surface area (Å²) < 4.78 is 30.2. The van der Waals surface area contributed by atoms with E-state index in [-0.39, 0.29) is 5.82 Å². The van der Waals surface area contributed by atoms with Gasteiger partial charge in [0, 0.05) is 11.6 Å². The number of ether oxygens (including phenoxy) is 2. The second-order valence-corrected chi connectivity index (χ2v) is 7.03. The maximum Gasteiger partial charge on any atom is 0.247 e. The Morgan fingerprint density at radius 2 is 1.65 bits per heavy atom. The van der Waals surface area contributed by atoms with Crippen molar-refractivity contribution >= 4 is 17.3 Å².